The summed E-state index contributed by atoms with van der Waals surface area (Å²) in [7, 11) is 0. The van der Waals surface area contributed by atoms with E-state index in [-0.39, 0.29) is 18.8 Å². The predicted octanol–water partition coefficient (Wildman–Crippen LogP) is 3.34. The third kappa shape index (κ3) is 4.33. The quantitative estimate of drug-likeness (QED) is 0.711. The van der Waals surface area contributed by atoms with Crippen LogP contribution in [0.4, 0.5) is 24.5 Å². The van der Waals surface area contributed by atoms with Gasteiger partial charge in [-0.25, -0.2) is 0 Å². The van der Waals surface area contributed by atoms with Crippen molar-refractivity contribution in [2.45, 2.75) is 6.18 Å². The summed E-state index contributed by atoms with van der Waals surface area (Å²) in [6.45, 7) is -0.612. The Morgan fingerprint density at radius 1 is 1.22 bits per heavy atom. The van der Waals surface area contributed by atoms with E-state index in [1.54, 1.807) is 18.2 Å². The van der Waals surface area contributed by atoms with Crippen molar-refractivity contribution < 1.29 is 27.5 Å². The van der Waals surface area contributed by atoms with Crippen molar-refractivity contribution in [1.29, 1.82) is 0 Å². The van der Waals surface area contributed by atoms with Gasteiger partial charge in [-0.15, -0.1) is 0 Å². The number of carbonyl (C=O) groups excluding carboxylic acids is 2. The summed E-state index contributed by atoms with van der Waals surface area (Å²) in [5.41, 5.74) is 3.64. The lowest BCUT2D eigenvalue weighted by molar-refractivity contribution is -0.137. The molecule has 10 heteroatoms. The maximum absolute atomic E-state index is 13.0. The van der Waals surface area contributed by atoms with Crippen molar-refractivity contribution in [2.75, 3.05) is 23.5 Å². The van der Waals surface area contributed by atoms with Crippen LogP contribution < -0.4 is 20.5 Å². The molecule has 3 rings (SSSR count). The number of ether oxygens (including phenoxy) is 1. The summed E-state index contributed by atoms with van der Waals surface area (Å²) in [5, 5.41) is 0. The van der Waals surface area contributed by atoms with Gasteiger partial charge in [-0.2, -0.15) is 13.2 Å². The number of hydrazine groups is 1. The molecule has 1 heterocycles. The Labute approximate surface area is 160 Å². The van der Waals surface area contributed by atoms with Gasteiger partial charge in [0.1, 0.15) is 12.3 Å². The van der Waals surface area contributed by atoms with E-state index in [2.05, 4.69) is 26.8 Å². The molecule has 0 spiro atoms. The summed E-state index contributed by atoms with van der Waals surface area (Å²) in [4.78, 5) is 25.5. The van der Waals surface area contributed by atoms with E-state index in [9.17, 15) is 22.8 Å². The fraction of sp³-hybridized carbons (Fsp3) is 0.176. The highest BCUT2D eigenvalue weighted by atomic mass is 79.9. The Morgan fingerprint density at radius 3 is 2.70 bits per heavy atom. The van der Waals surface area contributed by atoms with Crippen LogP contribution in [0.1, 0.15) is 5.56 Å². The minimum Gasteiger partial charge on any atom is -0.482 e. The van der Waals surface area contributed by atoms with Gasteiger partial charge in [0, 0.05) is 4.47 Å². The first-order chi connectivity index (χ1) is 12.8. The highest BCUT2D eigenvalue weighted by Gasteiger charge is 2.33. The molecule has 0 aromatic heterocycles. The largest absolute Gasteiger partial charge is 0.482 e. The summed E-state index contributed by atoms with van der Waals surface area (Å²) in [6.07, 6.45) is -4.57. The van der Waals surface area contributed by atoms with Crippen molar-refractivity contribution in [3.05, 3.63) is 52.5 Å². The summed E-state index contributed by atoms with van der Waals surface area (Å²) < 4.78 is 45.0. The maximum Gasteiger partial charge on any atom is 0.418 e. The van der Waals surface area contributed by atoms with Gasteiger partial charge in [0.05, 0.1) is 16.9 Å². The molecule has 0 saturated carbocycles. The molecule has 2 amide bonds. The lowest BCUT2D eigenvalue weighted by atomic mass is 10.2. The second-order valence-corrected chi connectivity index (χ2v) is 6.51. The van der Waals surface area contributed by atoms with Crippen molar-refractivity contribution in [3.8, 4) is 5.75 Å². The normalized spacial score (nSPS) is 13.6. The van der Waals surface area contributed by atoms with Gasteiger partial charge in [0.2, 0.25) is 0 Å². The van der Waals surface area contributed by atoms with Crippen molar-refractivity contribution in [1.82, 2.24) is 5.43 Å². The second kappa shape index (κ2) is 7.47. The SMILES string of the molecule is O=C(CN1C(=O)COc2cc(Br)ccc21)NNc1ccccc1C(F)(F)F. The average Bonchev–Trinajstić information content (AvgIpc) is 2.62. The van der Waals surface area contributed by atoms with Gasteiger partial charge in [-0.1, -0.05) is 28.1 Å². The molecule has 2 N–H and O–H groups in total. The molecular weight excluding hydrogens is 431 g/mol. The highest BCUT2D eigenvalue weighted by molar-refractivity contribution is 9.10. The van der Waals surface area contributed by atoms with Crippen LogP contribution in [-0.4, -0.2) is 25.0 Å². The maximum atomic E-state index is 13.0. The number of hydrogen-bond acceptors (Lipinski definition) is 4. The molecule has 0 aliphatic carbocycles. The molecule has 0 fully saturated rings. The van der Waals surface area contributed by atoms with Crippen LogP contribution in [0.5, 0.6) is 5.75 Å². The third-order valence-corrected chi connectivity index (χ3v) is 4.23. The van der Waals surface area contributed by atoms with E-state index in [1.165, 1.54) is 23.1 Å². The molecule has 6 nitrogen and oxygen atoms in total. The van der Waals surface area contributed by atoms with Crippen LogP contribution in [0, 0.1) is 0 Å². The van der Waals surface area contributed by atoms with Crippen LogP contribution in [0.15, 0.2) is 46.9 Å². The number of fused-ring (bicyclic) bond motifs is 1. The monoisotopic (exact) mass is 443 g/mol. The van der Waals surface area contributed by atoms with E-state index in [0.717, 1.165) is 10.5 Å². The molecule has 2 aromatic rings. The molecule has 142 valence electrons. The Morgan fingerprint density at radius 2 is 1.96 bits per heavy atom. The topological polar surface area (TPSA) is 70.7 Å². The van der Waals surface area contributed by atoms with Crippen molar-refractivity contribution in [3.63, 3.8) is 0 Å². The third-order valence-electron chi connectivity index (χ3n) is 3.74. The molecule has 27 heavy (non-hydrogen) atoms. The van der Waals surface area contributed by atoms with Gasteiger partial charge in [-0.05, 0) is 30.3 Å². The first-order valence-corrected chi connectivity index (χ1v) is 8.49. The minimum absolute atomic E-state index is 0.235. The Bertz CT molecular complexity index is 889. The first kappa shape index (κ1) is 19.0. The predicted molar refractivity (Wildman–Crippen MR) is 95.2 cm³/mol. The number of para-hydroxylation sites is 1. The van der Waals surface area contributed by atoms with Crippen LogP contribution >= 0.6 is 15.9 Å². The fourth-order valence-electron chi connectivity index (χ4n) is 2.51. The Kier molecular flexibility index (Phi) is 5.26. The zero-order valence-electron chi connectivity index (χ0n) is 13.6. The number of hydrogen-bond donors (Lipinski definition) is 2. The van der Waals surface area contributed by atoms with Crippen LogP contribution in [-0.2, 0) is 15.8 Å². The number of anilines is 2. The minimum atomic E-state index is -4.57. The smallest absolute Gasteiger partial charge is 0.418 e. The van der Waals surface area contributed by atoms with Crippen LogP contribution in [0.2, 0.25) is 0 Å². The van der Waals surface area contributed by atoms with E-state index in [1.807, 2.05) is 0 Å². The highest BCUT2D eigenvalue weighted by Crippen LogP contribution is 2.35. The number of amides is 2. The van der Waals surface area contributed by atoms with Gasteiger partial charge < -0.3 is 4.74 Å². The number of benzene rings is 2. The summed E-state index contributed by atoms with van der Waals surface area (Å²) in [5.74, 6) is -0.695. The molecule has 0 radical (unpaired) electrons. The van der Waals surface area contributed by atoms with E-state index in [0.29, 0.717) is 11.4 Å². The number of nitrogens with zero attached hydrogens (tertiary/aromatic N) is 1. The standard InChI is InChI=1S/C17H13BrF3N3O3/c18-10-5-6-13-14(7-10)27-9-16(26)24(13)8-15(25)23-22-12-4-2-1-3-11(12)17(19,20)21/h1-7,22H,8-9H2,(H,23,25). The lowest BCUT2D eigenvalue weighted by Gasteiger charge is -2.29. The number of halogens is 4. The molecular formula is C17H13BrF3N3O3. The van der Waals surface area contributed by atoms with Gasteiger partial charge in [-0.3, -0.25) is 25.3 Å². The van der Waals surface area contributed by atoms with Crippen molar-refractivity contribution in [2.24, 2.45) is 0 Å². The van der Waals surface area contributed by atoms with Crippen molar-refractivity contribution >= 4 is 39.1 Å². The lowest BCUT2D eigenvalue weighted by Crippen LogP contribution is -2.46. The summed E-state index contributed by atoms with van der Waals surface area (Å²) >= 11 is 3.29. The average molecular weight is 444 g/mol. The molecule has 0 saturated heterocycles. The molecule has 1 aliphatic heterocycles. The number of carbonyl (C=O) groups is 2. The molecule has 0 bridgehead atoms. The fourth-order valence-corrected chi connectivity index (χ4v) is 2.85. The summed E-state index contributed by atoms with van der Waals surface area (Å²) in [6, 6.07) is 9.69. The van der Waals surface area contributed by atoms with Crippen LogP contribution in [0.25, 0.3) is 0 Å². The molecule has 1 aliphatic rings. The number of alkyl halides is 3. The molecule has 2 aromatic carbocycles. The first-order valence-electron chi connectivity index (χ1n) is 7.69. The van der Waals surface area contributed by atoms with E-state index in [4.69, 9.17) is 4.74 Å². The molecule has 0 unspecified atom stereocenters. The Hall–Kier alpha value is -2.75. The zero-order chi connectivity index (χ0) is 19.6. The van der Waals surface area contributed by atoms with Gasteiger partial charge in [0.25, 0.3) is 11.8 Å². The van der Waals surface area contributed by atoms with Gasteiger partial charge >= 0.3 is 6.18 Å². The van der Waals surface area contributed by atoms with E-state index < -0.39 is 23.6 Å². The number of rotatable bonds is 4. The van der Waals surface area contributed by atoms with Gasteiger partial charge in [0.15, 0.2) is 6.61 Å². The van der Waals surface area contributed by atoms with E-state index >= 15 is 0 Å². The van der Waals surface area contributed by atoms with Crippen LogP contribution in [0.3, 0.4) is 0 Å². The zero-order valence-corrected chi connectivity index (χ0v) is 15.2. The molecule has 0 atom stereocenters. The number of nitrogens with one attached hydrogen (secondary N) is 2. The Balaban J connectivity index is 1.70. The second-order valence-electron chi connectivity index (χ2n) is 5.60.